The fraction of sp³-hybridized carbons (Fsp3) is 0.500. The first-order valence-corrected chi connectivity index (χ1v) is 6.33. The molecule has 0 aromatic rings. The van der Waals surface area contributed by atoms with Crippen LogP contribution < -0.4 is 0 Å². The van der Waals surface area contributed by atoms with E-state index in [2.05, 4.69) is 6.58 Å². The van der Waals surface area contributed by atoms with Gasteiger partial charge in [-0.05, 0) is 5.57 Å². The maximum atomic E-state index is 12.6. The van der Waals surface area contributed by atoms with Gasteiger partial charge in [0.15, 0.2) is 5.78 Å². The van der Waals surface area contributed by atoms with Gasteiger partial charge >= 0.3 is 11.9 Å². The van der Waals surface area contributed by atoms with Crippen LogP contribution >= 0.6 is 0 Å². The van der Waals surface area contributed by atoms with Gasteiger partial charge in [-0.3, -0.25) is 14.4 Å². The molecule has 19 heavy (non-hydrogen) atoms. The Bertz CT molecular complexity index is 574. The van der Waals surface area contributed by atoms with Crippen molar-refractivity contribution in [2.75, 3.05) is 6.61 Å². The molecule has 2 bridgehead atoms. The van der Waals surface area contributed by atoms with Gasteiger partial charge in [-0.15, -0.1) is 0 Å². The summed E-state index contributed by atoms with van der Waals surface area (Å²) in [5.74, 6) is -3.44. The Hall–Kier alpha value is -1.75. The van der Waals surface area contributed by atoms with Crippen molar-refractivity contribution >= 4 is 17.7 Å². The van der Waals surface area contributed by atoms with E-state index < -0.39 is 41.2 Å². The number of allylic oxidation sites excluding steroid dienone is 1. The van der Waals surface area contributed by atoms with Gasteiger partial charge in [0.05, 0.1) is 24.4 Å². The van der Waals surface area contributed by atoms with Gasteiger partial charge in [-0.2, -0.15) is 0 Å². The van der Waals surface area contributed by atoms with Gasteiger partial charge in [0.25, 0.3) is 0 Å². The fourth-order valence-corrected chi connectivity index (χ4v) is 3.97. The molecule has 0 aromatic carbocycles. The predicted octanol–water partition coefficient (Wildman–Crippen LogP) is 0.402. The topological polar surface area (TPSA) is 69.7 Å². The van der Waals surface area contributed by atoms with Crippen molar-refractivity contribution in [3.05, 3.63) is 24.3 Å². The lowest BCUT2D eigenvalue weighted by molar-refractivity contribution is -0.165. The van der Waals surface area contributed by atoms with Crippen molar-refractivity contribution in [2.24, 2.45) is 23.7 Å². The van der Waals surface area contributed by atoms with Crippen LogP contribution in [0.2, 0.25) is 0 Å². The number of esters is 2. The second-order valence-corrected chi connectivity index (χ2v) is 5.70. The van der Waals surface area contributed by atoms with Crippen LogP contribution in [0.3, 0.4) is 0 Å². The minimum Gasteiger partial charge on any atom is -0.393 e. The van der Waals surface area contributed by atoms with E-state index in [-0.39, 0.29) is 5.78 Å². The van der Waals surface area contributed by atoms with Crippen LogP contribution in [0.1, 0.15) is 6.42 Å². The molecule has 5 heteroatoms. The van der Waals surface area contributed by atoms with Crippen molar-refractivity contribution in [3.63, 3.8) is 0 Å². The fourth-order valence-electron chi connectivity index (χ4n) is 3.97. The van der Waals surface area contributed by atoms with Crippen molar-refractivity contribution in [3.8, 4) is 0 Å². The Morgan fingerprint density at radius 1 is 1.16 bits per heavy atom. The molecule has 5 rings (SSSR count). The first-order chi connectivity index (χ1) is 9.04. The standard InChI is InChI=1S/C14H12O5/c1-6-4-14(18-5-6)8-3-2-7(11(14)15)9-10(8)13(17)19-12(9)16/h2-3,7-10H,1,4-5H2. The van der Waals surface area contributed by atoms with Crippen LogP contribution in [0.4, 0.5) is 0 Å². The van der Waals surface area contributed by atoms with Gasteiger partial charge in [0, 0.05) is 12.3 Å². The molecule has 98 valence electrons. The van der Waals surface area contributed by atoms with Gasteiger partial charge in [-0.25, -0.2) is 0 Å². The lowest BCUT2D eigenvalue weighted by Crippen LogP contribution is -2.61. The van der Waals surface area contributed by atoms with E-state index in [0.717, 1.165) is 5.57 Å². The van der Waals surface area contributed by atoms with Crippen molar-refractivity contribution in [2.45, 2.75) is 12.0 Å². The number of Topliss-reactive ketones (excluding diaryl/α,β-unsaturated/α-hetero) is 1. The molecule has 2 heterocycles. The second kappa shape index (κ2) is 3.22. The van der Waals surface area contributed by atoms with Gasteiger partial charge in [0.2, 0.25) is 0 Å². The first-order valence-electron chi connectivity index (χ1n) is 6.33. The maximum Gasteiger partial charge on any atom is 0.318 e. The number of carbonyl (C=O) groups excluding carboxylic acids is 3. The highest BCUT2D eigenvalue weighted by atomic mass is 16.6. The number of ether oxygens (including phenoxy) is 2. The number of ketones is 1. The van der Waals surface area contributed by atoms with Crippen LogP contribution in [-0.4, -0.2) is 29.9 Å². The molecule has 5 nitrogen and oxygen atoms in total. The quantitative estimate of drug-likeness (QED) is 0.358. The Morgan fingerprint density at radius 2 is 1.89 bits per heavy atom. The lowest BCUT2D eigenvalue weighted by Gasteiger charge is -2.47. The van der Waals surface area contributed by atoms with E-state index in [0.29, 0.717) is 13.0 Å². The van der Waals surface area contributed by atoms with Crippen molar-refractivity contribution in [1.29, 1.82) is 0 Å². The minimum atomic E-state index is -0.999. The van der Waals surface area contributed by atoms with Gasteiger partial charge in [-0.1, -0.05) is 18.7 Å². The Labute approximate surface area is 109 Å². The van der Waals surface area contributed by atoms with E-state index in [1.165, 1.54) is 0 Å². The summed E-state index contributed by atoms with van der Waals surface area (Å²) in [7, 11) is 0. The van der Waals surface area contributed by atoms with E-state index in [9.17, 15) is 14.4 Å². The highest BCUT2D eigenvalue weighted by Crippen LogP contribution is 2.56. The third-order valence-electron chi connectivity index (χ3n) is 4.74. The molecule has 2 saturated heterocycles. The van der Waals surface area contributed by atoms with Crippen LogP contribution in [0, 0.1) is 23.7 Å². The monoisotopic (exact) mass is 260 g/mol. The molecule has 5 aliphatic rings. The Kier molecular flexibility index (Phi) is 1.88. The molecule has 1 saturated carbocycles. The molecule has 5 unspecified atom stereocenters. The molecule has 3 aliphatic carbocycles. The summed E-state index contributed by atoms with van der Waals surface area (Å²) in [4.78, 5) is 36.2. The molecule has 0 N–H and O–H groups in total. The third kappa shape index (κ3) is 1.12. The Morgan fingerprint density at radius 3 is 2.58 bits per heavy atom. The van der Waals surface area contributed by atoms with Crippen molar-refractivity contribution in [1.82, 2.24) is 0 Å². The summed E-state index contributed by atoms with van der Waals surface area (Å²) in [5, 5.41) is 0. The average molecular weight is 260 g/mol. The van der Waals surface area contributed by atoms with Crippen LogP contribution in [-0.2, 0) is 23.9 Å². The zero-order valence-electron chi connectivity index (χ0n) is 10.1. The summed E-state index contributed by atoms with van der Waals surface area (Å²) < 4.78 is 10.4. The molecule has 0 amide bonds. The summed E-state index contributed by atoms with van der Waals surface area (Å²) >= 11 is 0. The van der Waals surface area contributed by atoms with E-state index in [1.807, 2.05) is 6.08 Å². The first kappa shape index (κ1) is 11.1. The minimum absolute atomic E-state index is 0.105. The molecule has 0 radical (unpaired) electrons. The number of hydrogen-bond donors (Lipinski definition) is 0. The molecule has 2 aliphatic heterocycles. The lowest BCUT2D eigenvalue weighted by atomic mass is 9.55. The molecule has 1 spiro atoms. The number of rotatable bonds is 0. The van der Waals surface area contributed by atoms with Crippen LogP contribution in [0.5, 0.6) is 0 Å². The van der Waals surface area contributed by atoms with Crippen LogP contribution in [0.25, 0.3) is 0 Å². The second-order valence-electron chi connectivity index (χ2n) is 5.70. The maximum absolute atomic E-state index is 12.6. The van der Waals surface area contributed by atoms with E-state index in [4.69, 9.17) is 9.47 Å². The smallest absolute Gasteiger partial charge is 0.318 e. The summed E-state index contributed by atoms with van der Waals surface area (Å²) in [6, 6.07) is 0. The molecule has 3 fully saturated rings. The van der Waals surface area contributed by atoms with Crippen molar-refractivity contribution < 1.29 is 23.9 Å². The van der Waals surface area contributed by atoms with Gasteiger partial charge < -0.3 is 9.47 Å². The highest BCUT2D eigenvalue weighted by molar-refractivity contribution is 6.06. The molecular weight excluding hydrogens is 248 g/mol. The van der Waals surface area contributed by atoms with Crippen LogP contribution in [0.15, 0.2) is 24.3 Å². The molecule has 5 atom stereocenters. The largest absolute Gasteiger partial charge is 0.393 e. The summed E-state index contributed by atoms with van der Waals surface area (Å²) in [5.41, 5.74) is -0.148. The average Bonchev–Trinajstić information content (AvgIpc) is 2.90. The number of hydrogen-bond acceptors (Lipinski definition) is 5. The zero-order chi connectivity index (χ0) is 13.4. The predicted molar refractivity (Wildman–Crippen MR) is 61.6 cm³/mol. The number of carbonyl (C=O) groups is 3. The molecular formula is C14H12O5. The SMILES string of the molecule is C=C1COC2(C1)C(=O)C1C=CC2C2C(=O)OC(=O)C12. The summed E-state index contributed by atoms with van der Waals surface area (Å²) in [6.45, 7) is 4.19. The number of cyclic esters (lactones) is 2. The zero-order valence-corrected chi connectivity index (χ0v) is 10.1. The molecule has 0 aromatic heterocycles. The third-order valence-corrected chi connectivity index (χ3v) is 4.74. The summed E-state index contributed by atoms with van der Waals surface area (Å²) in [6.07, 6.45) is 4.00. The van der Waals surface area contributed by atoms with E-state index >= 15 is 0 Å². The van der Waals surface area contributed by atoms with Gasteiger partial charge in [0.1, 0.15) is 5.60 Å². The normalized spacial score (nSPS) is 47.2. The highest BCUT2D eigenvalue weighted by Gasteiger charge is 2.68. The Balaban J connectivity index is 1.86. The van der Waals surface area contributed by atoms with E-state index in [1.54, 1.807) is 6.08 Å².